The van der Waals surface area contributed by atoms with Crippen LogP contribution in [0.3, 0.4) is 0 Å². The maximum atomic E-state index is 2.75. The predicted octanol–water partition coefficient (Wildman–Crippen LogP) is 6.00. The highest BCUT2D eigenvalue weighted by Gasteiger charge is 2.04. The van der Waals surface area contributed by atoms with Gasteiger partial charge in [0, 0.05) is 0 Å². The number of hydrogen-bond acceptors (Lipinski definition) is 1. The van der Waals surface area contributed by atoms with Gasteiger partial charge in [-0.2, -0.15) is 0 Å². The van der Waals surface area contributed by atoms with Crippen molar-refractivity contribution in [1.29, 1.82) is 0 Å². The largest absolute Gasteiger partial charge is 0.323 e. The van der Waals surface area contributed by atoms with E-state index < -0.39 is 0 Å². The molecule has 0 saturated carbocycles. The third-order valence-electron chi connectivity index (χ3n) is 4.05. The first-order valence-electron chi connectivity index (χ1n) is 8.55. The van der Waals surface area contributed by atoms with Crippen LogP contribution in [-0.2, 0) is 0 Å². The Bertz CT molecular complexity index is 930. The minimum atomic E-state index is 1.22. The van der Waals surface area contributed by atoms with Crippen molar-refractivity contribution in [1.82, 2.24) is 5.32 Å². The van der Waals surface area contributed by atoms with E-state index in [1.165, 1.54) is 32.7 Å². The molecule has 25 heavy (non-hydrogen) atoms. The number of nitrogens with one attached hydrogen (secondary N) is 1. The first-order chi connectivity index (χ1) is 12.3. The smallest absolute Gasteiger partial charge is 0.00992 e. The Kier molecular flexibility index (Phi) is 5.61. The summed E-state index contributed by atoms with van der Waals surface area (Å²) in [4.78, 5) is 0. The Morgan fingerprint density at radius 2 is 1.08 bits per heavy atom. The fourth-order valence-corrected chi connectivity index (χ4v) is 2.97. The third kappa shape index (κ3) is 3.96. The summed E-state index contributed by atoms with van der Waals surface area (Å²) in [7, 11) is 3.75. The lowest BCUT2D eigenvalue weighted by atomic mass is 9.96. The average molecular weight is 325 g/mol. The first kappa shape index (κ1) is 16.9. The molecule has 0 saturated heterocycles. The zero-order chi connectivity index (χ0) is 17.5. The van der Waals surface area contributed by atoms with Crippen molar-refractivity contribution in [3.8, 4) is 0 Å². The van der Waals surface area contributed by atoms with Crippen LogP contribution in [0.25, 0.3) is 33.7 Å². The summed E-state index contributed by atoms with van der Waals surface area (Å²) in [6, 6.07) is 29.9. The van der Waals surface area contributed by atoms with Gasteiger partial charge in [0.15, 0.2) is 0 Å². The quantitative estimate of drug-likeness (QED) is 0.352. The molecule has 0 aliphatic rings. The molecule has 0 bridgehead atoms. The minimum absolute atomic E-state index is 1.22. The second-order valence-corrected chi connectivity index (χ2v) is 5.98. The van der Waals surface area contributed by atoms with Crippen molar-refractivity contribution in [2.45, 2.75) is 0 Å². The molecule has 0 fully saturated rings. The van der Waals surface area contributed by atoms with Crippen LogP contribution >= 0.6 is 0 Å². The molecular formula is C24H23N. The lowest BCUT2D eigenvalue weighted by molar-refractivity contribution is 1.02. The maximum Gasteiger partial charge on any atom is -0.00992 e. The van der Waals surface area contributed by atoms with Gasteiger partial charge in [-0.3, -0.25) is 0 Å². The molecule has 0 unspecified atom stereocenters. The van der Waals surface area contributed by atoms with Crippen molar-refractivity contribution in [2.24, 2.45) is 0 Å². The van der Waals surface area contributed by atoms with Crippen LogP contribution in [0, 0.1) is 0 Å². The van der Waals surface area contributed by atoms with Gasteiger partial charge in [-0.1, -0.05) is 91.0 Å². The lowest BCUT2D eigenvalue weighted by Crippen LogP contribution is -1.89. The predicted molar refractivity (Wildman–Crippen MR) is 112 cm³/mol. The Balaban J connectivity index is 0.000000569. The molecule has 0 heterocycles. The van der Waals surface area contributed by atoms with Crippen molar-refractivity contribution >= 4 is 33.7 Å². The van der Waals surface area contributed by atoms with Crippen LogP contribution in [0.4, 0.5) is 0 Å². The molecule has 1 N–H and O–H groups in total. The molecule has 0 aliphatic carbocycles. The van der Waals surface area contributed by atoms with Crippen LogP contribution in [-0.4, -0.2) is 14.1 Å². The van der Waals surface area contributed by atoms with Gasteiger partial charge in [0.1, 0.15) is 0 Å². The number of fused-ring (bicyclic) bond motifs is 2. The number of hydrogen-bond donors (Lipinski definition) is 1. The standard InChI is InChI=1S/C22H16.C2H7N/c1-2-8-17(9-3-1)14-15-22-20-12-6-4-10-18(20)16-19-11-5-7-13-21(19)22;1-3-2/h1-16H;3H,1-2H3. The van der Waals surface area contributed by atoms with Gasteiger partial charge >= 0.3 is 0 Å². The topological polar surface area (TPSA) is 12.0 Å². The van der Waals surface area contributed by atoms with E-state index in [2.05, 4.69) is 96.3 Å². The van der Waals surface area contributed by atoms with Crippen molar-refractivity contribution in [2.75, 3.05) is 14.1 Å². The second kappa shape index (κ2) is 8.27. The molecule has 4 aromatic rings. The molecule has 0 aromatic heterocycles. The van der Waals surface area contributed by atoms with E-state index in [0.29, 0.717) is 0 Å². The third-order valence-corrected chi connectivity index (χ3v) is 4.05. The molecule has 0 amide bonds. The van der Waals surface area contributed by atoms with Crippen LogP contribution < -0.4 is 5.32 Å². The van der Waals surface area contributed by atoms with E-state index in [1.54, 1.807) is 0 Å². The molecule has 0 radical (unpaired) electrons. The molecule has 1 heteroatoms. The molecule has 0 aliphatic heterocycles. The molecule has 4 rings (SSSR count). The average Bonchev–Trinajstić information content (AvgIpc) is 2.66. The van der Waals surface area contributed by atoms with Gasteiger partial charge in [0.05, 0.1) is 0 Å². The molecular weight excluding hydrogens is 302 g/mol. The van der Waals surface area contributed by atoms with Gasteiger partial charge in [-0.25, -0.2) is 0 Å². The van der Waals surface area contributed by atoms with Gasteiger partial charge in [-0.05, 0) is 52.8 Å². The lowest BCUT2D eigenvalue weighted by Gasteiger charge is -2.08. The summed E-state index contributed by atoms with van der Waals surface area (Å²) < 4.78 is 0. The molecule has 124 valence electrons. The van der Waals surface area contributed by atoms with Crippen LogP contribution in [0.15, 0.2) is 84.9 Å². The summed E-state index contributed by atoms with van der Waals surface area (Å²) in [5, 5.41) is 7.92. The van der Waals surface area contributed by atoms with E-state index in [-0.39, 0.29) is 0 Å². The number of rotatable bonds is 2. The minimum Gasteiger partial charge on any atom is -0.323 e. The Labute approximate surface area is 149 Å². The van der Waals surface area contributed by atoms with Gasteiger partial charge < -0.3 is 5.32 Å². The summed E-state index contributed by atoms with van der Waals surface area (Å²) >= 11 is 0. The van der Waals surface area contributed by atoms with E-state index >= 15 is 0 Å². The highest BCUT2D eigenvalue weighted by atomic mass is 14.7. The normalized spacial score (nSPS) is 10.8. The van der Waals surface area contributed by atoms with E-state index in [9.17, 15) is 0 Å². The van der Waals surface area contributed by atoms with Crippen LogP contribution in [0.5, 0.6) is 0 Å². The Morgan fingerprint density at radius 1 is 0.600 bits per heavy atom. The summed E-state index contributed by atoms with van der Waals surface area (Å²) in [6.07, 6.45) is 4.42. The summed E-state index contributed by atoms with van der Waals surface area (Å²) in [6.45, 7) is 0. The molecule has 0 spiro atoms. The fraction of sp³-hybridized carbons (Fsp3) is 0.0833. The van der Waals surface area contributed by atoms with Gasteiger partial charge in [-0.15, -0.1) is 0 Å². The molecule has 1 nitrogen and oxygen atoms in total. The van der Waals surface area contributed by atoms with Gasteiger partial charge in [0.25, 0.3) is 0 Å². The number of benzene rings is 4. The highest BCUT2D eigenvalue weighted by Crippen LogP contribution is 2.29. The highest BCUT2D eigenvalue weighted by molar-refractivity contribution is 6.07. The monoisotopic (exact) mass is 325 g/mol. The van der Waals surface area contributed by atoms with E-state index in [4.69, 9.17) is 0 Å². The van der Waals surface area contributed by atoms with Gasteiger partial charge in [0.2, 0.25) is 0 Å². The van der Waals surface area contributed by atoms with Crippen LogP contribution in [0.2, 0.25) is 0 Å². The molecule has 0 atom stereocenters. The van der Waals surface area contributed by atoms with Crippen molar-refractivity contribution < 1.29 is 0 Å². The molecule has 4 aromatic carbocycles. The van der Waals surface area contributed by atoms with E-state index in [0.717, 1.165) is 0 Å². The second-order valence-electron chi connectivity index (χ2n) is 5.98. The fourth-order valence-electron chi connectivity index (χ4n) is 2.97. The van der Waals surface area contributed by atoms with Crippen molar-refractivity contribution in [3.63, 3.8) is 0 Å². The zero-order valence-electron chi connectivity index (χ0n) is 14.7. The summed E-state index contributed by atoms with van der Waals surface area (Å²) in [5.41, 5.74) is 2.51. The Hall–Kier alpha value is -2.90. The van der Waals surface area contributed by atoms with Crippen molar-refractivity contribution in [3.05, 3.63) is 96.1 Å². The summed E-state index contributed by atoms with van der Waals surface area (Å²) in [5.74, 6) is 0. The maximum absolute atomic E-state index is 2.75. The Morgan fingerprint density at radius 3 is 1.64 bits per heavy atom. The van der Waals surface area contributed by atoms with Crippen LogP contribution in [0.1, 0.15) is 11.1 Å². The SMILES string of the molecule is C(=Cc1c2ccccc2cc2ccccc12)c1ccccc1.CNC. The zero-order valence-corrected chi connectivity index (χ0v) is 14.7. The van der Waals surface area contributed by atoms with E-state index in [1.807, 2.05) is 20.2 Å². The first-order valence-corrected chi connectivity index (χ1v) is 8.55.